The van der Waals surface area contributed by atoms with Gasteiger partial charge in [0.25, 0.3) is 0 Å². The standard InChI is InChI=1S/C14H27N5O.2ClH/c1-14(2,15)12-16-17-13(20-12)19(4)10-9-18(3)11-7-5-6-8-11;;/h11H,5-10,15H2,1-4H3;2*1H. The average molecular weight is 354 g/mol. The molecule has 0 unspecified atom stereocenters. The number of halogens is 2. The van der Waals surface area contributed by atoms with Gasteiger partial charge in [0.15, 0.2) is 0 Å². The van der Waals surface area contributed by atoms with Crippen LogP contribution in [0, 0.1) is 0 Å². The van der Waals surface area contributed by atoms with Gasteiger partial charge in [-0.1, -0.05) is 17.9 Å². The zero-order valence-electron chi connectivity index (χ0n) is 13.9. The summed E-state index contributed by atoms with van der Waals surface area (Å²) in [7, 11) is 4.18. The summed E-state index contributed by atoms with van der Waals surface area (Å²) in [6.45, 7) is 5.60. The van der Waals surface area contributed by atoms with Crippen LogP contribution < -0.4 is 10.6 Å². The molecule has 1 aromatic rings. The van der Waals surface area contributed by atoms with Gasteiger partial charge >= 0.3 is 6.01 Å². The van der Waals surface area contributed by atoms with Crippen molar-refractivity contribution in [2.24, 2.45) is 5.73 Å². The molecule has 1 heterocycles. The Morgan fingerprint density at radius 3 is 2.23 bits per heavy atom. The molecule has 0 radical (unpaired) electrons. The predicted molar refractivity (Wildman–Crippen MR) is 94.2 cm³/mol. The van der Waals surface area contributed by atoms with E-state index in [1.165, 1.54) is 25.7 Å². The van der Waals surface area contributed by atoms with Crippen LogP contribution in [0.4, 0.5) is 6.01 Å². The van der Waals surface area contributed by atoms with Crippen LogP contribution in [0.1, 0.15) is 45.4 Å². The van der Waals surface area contributed by atoms with Crippen LogP contribution in [-0.2, 0) is 5.54 Å². The van der Waals surface area contributed by atoms with Crippen LogP contribution in [0.15, 0.2) is 4.42 Å². The molecule has 0 amide bonds. The third-order valence-electron chi connectivity index (χ3n) is 4.03. The Bertz CT molecular complexity index is 429. The highest BCUT2D eigenvalue weighted by Crippen LogP contribution is 2.22. The second-order valence-electron chi connectivity index (χ2n) is 6.45. The molecule has 1 aliphatic carbocycles. The average Bonchev–Trinajstić information content (AvgIpc) is 3.04. The summed E-state index contributed by atoms with van der Waals surface area (Å²) < 4.78 is 5.63. The Kier molecular flexibility index (Phi) is 8.69. The molecule has 0 aromatic carbocycles. The maximum absolute atomic E-state index is 5.95. The second-order valence-corrected chi connectivity index (χ2v) is 6.45. The van der Waals surface area contributed by atoms with Crippen molar-refractivity contribution in [3.63, 3.8) is 0 Å². The fourth-order valence-electron chi connectivity index (χ4n) is 2.56. The van der Waals surface area contributed by atoms with Gasteiger partial charge in [-0.2, -0.15) is 0 Å². The Hall–Kier alpha value is -0.560. The quantitative estimate of drug-likeness (QED) is 0.846. The molecule has 0 aliphatic heterocycles. The summed E-state index contributed by atoms with van der Waals surface area (Å²) in [5.74, 6) is 0.475. The van der Waals surface area contributed by atoms with E-state index in [0.717, 1.165) is 19.1 Å². The van der Waals surface area contributed by atoms with E-state index in [0.29, 0.717) is 11.9 Å². The summed E-state index contributed by atoms with van der Waals surface area (Å²) >= 11 is 0. The normalized spacial score (nSPS) is 15.5. The van der Waals surface area contributed by atoms with Gasteiger partial charge in [-0.3, -0.25) is 0 Å². The topological polar surface area (TPSA) is 71.4 Å². The number of hydrogen-bond acceptors (Lipinski definition) is 6. The van der Waals surface area contributed by atoms with E-state index in [4.69, 9.17) is 10.2 Å². The Balaban J connectivity index is 0.00000220. The summed E-state index contributed by atoms with van der Waals surface area (Å²) in [5, 5.41) is 8.08. The number of nitrogens with zero attached hydrogens (tertiary/aromatic N) is 4. The lowest BCUT2D eigenvalue weighted by Crippen LogP contribution is -2.36. The number of aromatic nitrogens is 2. The van der Waals surface area contributed by atoms with Crippen molar-refractivity contribution < 1.29 is 4.42 Å². The number of anilines is 1. The maximum Gasteiger partial charge on any atom is 0.317 e. The van der Waals surface area contributed by atoms with Gasteiger partial charge in [0, 0.05) is 26.2 Å². The van der Waals surface area contributed by atoms with Crippen LogP contribution in [0.25, 0.3) is 0 Å². The second kappa shape index (κ2) is 8.91. The van der Waals surface area contributed by atoms with Crippen molar-refractivity contribution in [1.82, 2.24) is 15.1 Å². The minimum Gasteiger partial charge on any atom is -0.406 e. The molecule has 0 spiro atoms. The monoisotopic (exact) mass is 353 g/mol. The zero-order chi connectivity index (χ0) is 14.8. The number of likely N-dealkylation sites (N-methyl/N-ethyl adjacent to an activating group) is 2. The summed E-state index contributed by atoms with van der Waals surface area (Å²) in [5.41, 5.74) is 5.36. The van der Waals surface area contributed by atoms with Crippen LogP contribution >= 0.6 is 24.8 Å². The summed E-state index contributed by atoms with van der Waals surface area (Å²) in [4.78, 5) is 4.43. The molecule has 0 saturated heterocycles. The molecule has 130 valence electrons. The van der Waals surface area contributed by atoms with Crippen molar-refractivity contribution in [2.75, 3.05) is 32.1 Å². The van der Waals surface area contributed by atoms with Crippen LogP contribution in [0.3, 0.4) is 0 Å². The smallest absolute Gasteiger partial charge is 0.317 e. The lowest BCUT2D eigenvalue weighted by atomic mass is 10.1. The molecule has 0 bridgehead atoms. The largest absolute Gasteiger partial charge is 0.406 e. The molecule has 6 nitrogen and oxygen atoms in total. The first-order valence-corrected chi connectivity index (χ1v) is 7.42. The van der Waals surface area contributed by atoms with Gasteiger partial charge in [-0.05, 0) is 33.7 Å². The Morgan fingerprint density at radius 2 is 1.73 bits per heavy atom. The van der Waals surface area contributed by atoms with Crippen LogP contribution in [0.2, 0.25) is 0 Å². The molecule has 2 rings (SSSR count). The number of hydrogen-bond donors (Lipinski definition) is 1. The molecule has 1 fully saturated rings. The van der Waals surface area contributed by atoms with E-state index in [2.05, 4.69) is 22.1 Å². The summed E-state index contributed by atoms with van der Waals surface area (Å²) in [6.07, 6.45) is 5.38. The number of nitrogens with two attached hydrogens (primary N) is 1. The fourth-order valence-corrected chi connectivity index (χ4v) is 2.56. The fraction of sp³-hybridized carbons (Fsp3) is 0.857. The molecule has 22 heavy (non-hydrogen) atoms. The van der Waals surface area contributed by atoms with E-state index in [1.54, 1.807) is 0 Å². The molecule has 8 heteroatoms. The zero-order valence-corrected chi connectivity index (χ0v) is 15.5. The molecular weight excluding hydrogens is 325 g/mol. The van der Waals surface area contributed by atoms with E-state index < -0.39 is 5.54 Å². The van der Waals surface area contributed by atoms with Gasteiger partial charge in [0.1, 0.15) is 0 Å². The Labute approximate surface area is 145 Å². The van der Waals surface area contributed by atoms with E-state index in [-0.39, 0.29) is 24.8 Å². The SMILES string of the molecule is CN(CCN(C)C1CCCC1)c1nnc(C(C)(C)N)o1.Cl.Cl. The van der Waals surface area contributed by atoms with E-state index in [1.807, 2.05) is 25.8 Å². The minimum absolute atomic E-state index is 0. The third kappa shape index (κ3) is 5.57. The maximum atomic E-state index is 5.95. The van der Waals surface area contributed by atoms with Crippen molar-refractivity contribution >= 4 is 30.8 Å². The molecule has 2 N–H and O–H groups in total. The van der Waals surface area contributed by atoms with E-state index >= 15 is 0 Å². The minimum atomic E-state index is -0.591. The van der Waals surface area contributed by atoms with Crippen molar-refractivity contribution in [2.45, 2.75) is 51.1 Å². The highest BCUT2D eigenvalue weighted by molar-refractivity contribution is 5.85. The van der Waals surface area contributed by atoms with E-state index in [9.17, 15) is 0 Å². The van der Waals surface area contributed by atoms with Gasteiger partial charge in [-0.25, -0.2) is 0 Å². The lowest BCUT2D eigenvalue weighted by molar-refractivity contribution is 0.250. The van der Waals surface area contributed by atoms with Crippen molar-refractivity contribution in [1.29, 1.82) is 0 Å². The number of rotatable bonds is 6. The predicted octanol–water partition coefficient (Wildman–Crippen LogP) is 2.42. The van der Waals surface area contributed by atoms with Gasteiger partial charge in [0.2, 0.25) is 5.89 Å². The molecular formula is C14H29Cl2N5O. The first-order valence-electron chi connectivity index (χ1n) is 7.42. The first-order chi connectivity index (χ1) is 9.38. The van der Waals surface area contributed by atoms with Crippen LogP contribution in [-0.4, -0.2) is 48.3 Å². The van der Waals surface area contributed by atoms with Gasteiger partial charge in [0.05, 0.1) is 5.54 Å². The highest BCUT2D eigenvalue weighted by atomic mass is 35.5. The molecule has 0 atom stereocenters. The van der Waals surface area contributed by atoms with Gasteiger partial charge in [-0.15, -0.1) is 29.9 Å². The first kappa shape index (κ1) is 21.4. The highest BCUT2D eigenvalue weighted by Gasteiger charge is 2.24. The Morgan fingerprint density at radius 1 is 1.14 bits per heavy atom. The lowest BCUT2D eigenvalue weighted by Gasteiger charge is -2.26. The third-order valence-corrected chi connectivity index (χ3v) is 4.03. The summed E-state index contributed by atoms with van der Waals surface area (Å²) in [6, 6.07) is 1.28. The van der Waals surface area contributed by atoms with Crippen molar-refractivity contribution in [3.05, 3.63) is 5.89 Å². The molecule has 1 aliphatic rings. The molecule has 1 saturated carbocycles. The van der Waals surface area contributed by atoms with Crippen LogP contribution in [0.5, 0.6) is 0 Å². The van der Waals surface area contributed by atoms with Gasteiger partial charge < -0.3 is 20.0 Å². The molecule has 1 aromatic heterocycles. The van der Waals surface area contributed by atoms with Crippen molar-refractivity contribution in [3.8, 4) is 0 Å².